The minimum Gasteiger partial charge on any atom is -0.343 e. The predicted octanol–water partition coefficient (Wildman–Crippen LogP) is 1.79. The molecule has 2 rings (SSSR count). The summed E-state index contributed by atoms with van der Waals surface area (Å²) in [5.41, 5.74) is 0.820. The topological polar surface area (TPSA) is 49.4 Å². The van der Waals surface area contributed by atoms with E-state index in [2.05, 4.69) is 5.32 Å². The van der Waals surface area contributed by atoms with Crippen molar-refractivity contribution in [2.24, 2.45) is 0 Å². The maximum atomic E-state index is 13.0. The second kappa shape index (κ2) is 6.93. The van der Waals surface area contributed by atoms with E-state index < -0.39 is 12.1 Å². The van der Waals surface area contributed by atoms with Crippen LogP contribution in [-0.4, -0.2) is 40.8 Å². The molecule has 0 aliphatic carbocycles. The minimum atomic E-state index is -0.511. The van der Waals surface area contributed by atoms with Crippen molar-refractivity contribution in [1.29, 1.82) is 0 Å². The van der Waals surface area contributed by atoms with Crippen molar-refractivity contribution in [2.45, 2.75) is 32.0 Å². The summed E-state index contributed by atoms with van der Waals surface area (Å²) in [4.78, 5) is 26.1. The van der Waals surface area contributed by atoms with Crippen LogP contribution in [0, 0.1) is 5.82 Å². The summed E-state index contributed by atoms with van der Waals surface area (Å²) in [6, 6.07) is 5.06. The zero-order valence-electron chi connectivity index (χ0n) is 12.1. The second-order valence-corrected chi connectivity index (χ2v) is 6.11. The van der Waals surface area contributed by atoms with Gasteiger partial charge in [-0.05, 0) is 43.0 Å². The van der Waals surface area contributed by atoms with Crippen LogP contribution in [-0.2, 0) is 16.1 Å². The van der Waals surface area contributed by atoms with Gasteiger partial charge in [-0.15, -0.1) is 0 Å². The lowest BCUT2D eigenvalue weighted by atomic mass is 10.0. The maximum absolute atomic E-state index is 13.0. The van der Waals surface area contributed by atoms with Crippen LogP contribution in [0.3, 0.4) is 0 Å². The zero-order valence-corrected chi connectivity index (χ0v) is 13.0. The van der Waals surface area contributed by atoms with Gasteiger partial charge in [0.2, 0.25) is 11.8 Å². The quantitative estimate of drug-likeness (QED) is 0.902. The van der Waals surface area contributed by atoms with Gasteiger partial charge in [-0.2, -0.15) is 11.8 Å². The molecule has 2 atom stereocenters. The van der Waals surface area contributed by atoms with Crippen LogP contribution in [0.1, 0.15) is 18.9 Å². The fourth-order valence-electron chi connectivity index (χ4n) is 2.41. The van der Waals surface area contributed by atoms with E-state index in [0.717, 1.165) is 11.3 Å². The molecule has 1 aromatic carbocycles. The Labute approximate surface area is 128 Å². The van der Waals surface area contributed by atoms with Crippen LogP contribution < -0.4 is 5.32 Å². The molecule has 0 aromatic heterocycles. The van der Waals surface area contributed by atoms with Crippen LogP contribution in [0.25, 0.3) is 0 Å². The minimum absolute atomic E-state index is 0.0926. The van der Waals surface area contributed by atoms with Gasteiger partial charge < -0.3 is 10.2 Å². The number of hydrogen-bond acceptors (Lipinski definition) is 3. The average Bonchev–Trinajstić information content (AvgIpc) is 2.46. The van der Waals surface area contributed by atoms with Gasteiger partial charge >= 0.3 is 0 Å². The SMILES string of the molecule is CSCCC1C(=O)N[C@@H](C)C(=O)N1Cc1ccc(F)cc1. The third-order valence-corrected chi connectivity index (χ3v) is 4.20. The van der Waals surface area contributed by atoms with Crippen molar-refractivity contribution in [3.63, 3.8) is 0 Å². The third kappa shape index (κ3) is 3.75. The zero-order chi connectivity index (χ0) is 15.4. The largest absolute Gasteiger partial charge is 0.343 e. The molecule has 1 saturated heterocycles. The maximum Gasteiger partial charge on any atom is 0.245 e. The normalized spacial score (nSPS) is 22.3. The molecule has 2 amide bonds. The summed E-state index contributed by atoms with van der Waals surface area (Å²) >= 11 is 1.64. The highest BCUT2D eigenvalue weighted by Crippen LogP contribution is 2.18. The molecule has 0 radical (unpaired) electrons. The van der Waals surface area contributed by atoms with Crippen molar-refractivity contribution < 1.29 is 14.0 Å². The van der Waals surface area contributed by atoms with E-state index in [4.69, 9.17) is 0 Å². The number of nitrogens with one attached hydrogen (secondary N) is 1. The van der Waals surface area contributed by atoms with Crippen LogP contribution in [0.5, 0.6) is 0 Å². The number of halogens is 1. The molecule has 0 bridgehead atoms. The van der Waals surface area contributed by atoms with E-state index in [-0.39, 0.29) is 17.6 Å². The first-order chi connectivity index (χ1) is 10.0. The number of carbonyl (C=O) groups is 2. The van der Waals surface area contributed by atoms with Crippen LogP contribution in [0.2, 0.25) is 0 Å². The number of thioether (sulfide) groups is 1. The number of amides is 2. The molecule has 1 aliphatic heterocycles. The van der Waals surface area contributed by atoms with Gasteiger partial charge in [0.15, 0.2) is 0 Å². The molecular weight excluding hydrogens is 291 g/mol. The Morgan fingerprint density at radius 2 is 1.95 bits per heavy atom. The number of nitrogens with zero attached hydrogens (tertiary/aromatic N) is 1. The molecule has 1 fully saturated rings. The molecule has 114 valence electrons. The molecule has 1 N–H and O–H groups in total. The molecule has 0 spiro atoms. The van der Waals surface area contributed by atoms with E-state index in [1.54, 1.807) is 35.7 Å². The first-order valence-electron chi connectivity index (χ1n) is 6.87. The molecular formula is C15H19FN2O2S. The molecule has 1 heterocycles. The van der Waals surface area contributed by atoms with Gasteiger partial charge in [0, 0.05) is 6.54 Å². The van der Waals surface area contributed by atoms with Crippen LogP contribution >= 0.6 is 11.8 Å². The fourth-order valence-corrected chi connectivity index (χ4v) is 2.87. The van der Waals surface area contributed by atoms with E-state index in [9.17, 15) is 14.0 Å². The lowest BCUT2D eigenvalue weighted by molar-refractivity contribution is -0.149. The molecule has 6 heteroatoms. The number of benzene rings is 1. The number of rotatable bonds is 5. The first kappa shape index (κ1) is 15.8. The summed E-state index contributed by atoms with van der Waals surface area (Å²) in [6.07, 6.45) is 2.59. The Hall–Kier alpha value is -1.56. The van der Waals surface area contributed by atoms with Crippen LogP contribution in [0.15, 0.2) is 24.3 Å². The highest BCUT2D eigenvalue weighted by molar-refractivity contribution is 7.98. The third-order valence-electron chi connectivity index (χ3n) is 3.55. The summed E-state index contributed by atoms with van der Waals surface area (Å²) < 4.78 is 13.0. The van der Waals surface area contributed by atoms with Crippen molar-refractivity contribution in [3.05, 3.63) is 35.6 Å². The van der Waals surface area contributed by atoms with E-state index in [1.165, 1.54) is 12.1 Å². The lowest BCUT2D eigenvalue weighted by Crippen LogP contribution is -2.62. The van der Waals surface area contributed by atoms with Crippen LogP contribution in [0.4, 0.5) is 4.39 Å². The van der Waals surface area contributed by atoms with Crippen molar-refractivity contribution in [2.75, 3.05) is 12.0 Å². The highest BCUT2D eigenvalue weighted by Gasteiger charge is 2.37. The van der Waals surface area contributed by atoms with Gasteiger partial charge in [-0.3, -0.25) is 9.59 Å². The Balaban J connectivity index is 2.18. The summed E-state index contributed by atoms with van der Waals surface area (Å²) in [7, 11) is 0. The van der Waals surface area contributed by atoms with Gasteiger partial charge in [-0.25, -0.2) is 4.39 Å². The van der Waals surface area contributed by atoms with Gasteiger partial charge in [0.1, 0.15) is 17.9 Å². The molecule has 21 heavy (non-hydrogen) atoms. The average molecular weight is 310 g/mol. The second-order valence-electron chi connectivity index (χ2n) is 5.12. The highest BCUT2D eigenvalue weighted by atomic mass is 32.2. The Morgan fingerprint density at radius 3 is 2.57 bits per heavy atom. The molecule has 4 nitrogen and oxygen atoms in total. The van der Waals surface area contributed by atoms with E-state index >= 15 is 0 Å². The van der Waals surface area contributed by atoms with E-state index in [0.29, 0.717) is 13.0 Å². The standard InChI is InChI=1S/C15H19FN2O2S/c1-10-15(20)18(9-11-3-5-12(16)6-4-11)13(7-8-21-2)14(19)17-10/h3-6,10,13H,7-9H2,1-2H3,(H,17,19)/t10-,13?/m0/s1. The lowest BCUT2D eigenvalue weighted by Gasteiger charge is -2.38. The van der Waals surface area contributed by atoms with Gasteiger partial charge in [0.25, 0.3) is 0 Å². The number of piperazine rings is 1. The van der Waals surface area contributed by atoms with Crippen molar-refractivity contribution >= 4 is 23.6 Å². The molecule has 0 saturated carbocycles. The summed E-state index contributed by atoms with van der Waals surface area (Å²) in [6.45, 7) is 2.01. The summed E-state index contributed by atoms with van der Waals surface area (Å²) in [5.74, 6) is 0.289. The van der Waals surface area contributed by atoms with E-state index in [1.807, 2.05) is 6.26 Å². The van der Waals surface area contributed by atoms with Gasteiger partial charge in [-0.1, -0.05) is 12.1 Å². The van der Waals surface area contributed by atoms with Crippen molar-refractivity contribution in [3.8, 4) is 0 Å². The molecule has 1 aliphatic rings. The molecule has 1 aromatic rings. The fraction of sp³-hybridized carbons (Fsp3) is 0.467. The Morgan fingerprint density at radius 1 is 1.29 bits per heavy atom. The molecule has 1 unspecified atom stereocenters. The Bertz CT molecular complexity index is 521. The van der Waals surface area contributed by atoms with Crippen molar-refractivity contribution in [1.82, 2.24) is 10.2 Å². The number of carbonyl (C=O) groups excluding carboxylic acids is 2. The monoisotopic (exact) mass is 310 g/mol. The van der Waals surface area contributed by atoms with Gasteiger partial charge in [0.05, 0.1) is 0 Å². The predicted molar refractivity (Wildman–Crippen MR) is 81.3 cm³/mol. The smallest absolute Gasteiger partial charge is 0.245 e. The Kier molecular flexibility index (Phi) is 5.22. The summed E-state index contributed by atoms with van der Waals surface area (Å²) in [5, 5.41) is 2.71. The first-order valence-corrected chi connectivity index (χ1v) is 8.26. The number of hydrogen-bond donors (Lipinski definition) is 1.